The predicted molar refractivity (Wildman–Crippen MR) is 103 cm³/mol. The van der Waals surface area contributed by atoms with Crippen molar-refractivity contribution in [3.63, 3.8) is 0 Å². The molecule has 1 saturated heterocycles. The van der Waals surface area contributed by atoms with E-state index < -0.39 is 15.6 Å². The van der Waals surface area contributed by atoms with Crippen LogP contribution < -0.4 is 4.83 Å². The second-order valence-corrected chi connectivity index (χ2v) is 10.3. The number of nitrogens with one attached hydrogen (secondary N) is 1. The zero-order valence-electron chi connectivity index (χ0n) is 16.3. The summed E-state index contributed by atoms with van der Waals surface area (Å²) in [5.41, 5.74) is 1.33. The molecule has 7 nitrogen and oxygen atoms in total. The van der Waals surface area contributed by atoms with Gasteiger partial charge < -0.3 is 9.64 Å². The molecule has 1 aliphatic heterocycles. The Balaban J connectivity index is 1.56. The summed E-state index contributed by atoms with van der Waals surface area (Å²) < 4.78 is 30.0. The fourth-order valence-corrected chi connectivity index (χ4v) is 4.35. The Bertz CT molecular complexity index is 848. The average Bonchev–Trinajstić information content (AvgIpc) is 2.95. The van der Waals surface area contributed by atoms with Gasteiger partial charge in [-0.25, -0.2) is 9.63 Å². The normalized spacial score (nSPS) is 20.6. The Morgan fingerprint density at radius 3 is 2.44 bits per heavy atom. The average molecular weight is 394 g/mol. The van der Waals surface area contributed by atoms with Crippen LogP contribution in [0.2, 0.25) is 0 Å². The standard InChI is InChI=1S/C19H27N3O4S/c1-14-5-7-16(8-6-14)27(24,25)21-20-15-9-10-19(11-15)12-22(13-19)17(23)26-18(2,3)4/h5-8,21H,9-13H2,1-4H3. The molecule has 0 aromatic heterocycles. The molecule has 1 aromatic carbocycles. The number of hydrogen-bond acceptors (Lipinski definition) is 5. The lowest BCUT2D eigenvalue weighted by molar-refractivity contribution is -0.0301. The van der Waals surface area contributed by atoms with Crippen molar-refractivity contribution in [1.82, 2.24) is 9.73 Å². The number of amides is 1. The lowest BCUT2D eigenvalue weighted by Crippen LogP contribution is -2.58. The summed E-state index contributed by atoms with van der Waals surface area (Å²) in [7, 11) is -3.66. The number of carbonyl (C=O) groups excluding carboxylic acids is 1. The number of carbonyl (C=O) groups is 1. The first-order valence-electron chi connectivity index (χ1n) is 9.10. The van der Waals surface area contributed by atoms with Gasteiger partial charge in [0.15, 0.2) is 0 Å². The summed E-state index contributed by atoms with van der Waals surface area (Å²) >= 11 is 0. The molecule has 1 aliphatic carbocycles. The van der Waals surface area contributed by atoms with E-state index in [-0.39, 0.29) is 16.4 Å². The van der Waals surface area contributed by atoms with E-state index in [2.05, 4.69) is 9.93 Å². The Kier molecular flexibility index (Phi) is 4.96. The van der Waals surface area contributed by atoms with E-state index in [4.69, 9.17) is 4.74 Å². The topological polar surface area (TPSA) is 88.1 Å². The van der Waals surface area contributed by atoms with Crippen molar-refractivity contribution in [3.8, 4) is 0 Å². The maximum absolute atomic E-state index is 12.3. The summed E-state index contributed by atoms with van der Waals surface area (Å²) in [5.74, 6) is 0. The highest BCUT2D eigenvalue weighted by atomic mass is 32.2. The highest BCUT2D eigenvalue weighted by Crippen LogP contribution is 2.44. The van der Waals surface area contributed by atoms with Gasteiger partial charge in [-0.3, -0.25) is 0 Å². The molecule has 27 heavy (non-hydrogen) atoms. The summed E-state index contributed by atoms with van der Waals surface area (Å²) in [6.45, 7) is 8.71. The molecule has 1 spiro atoms. The number of nitrogens with zero attached hydrogens (tertiary/aromatic N) is 2. The largest absolute Gasteiger partial charge is 0.444 e. The van der Waals surface area contributed by atoms with E-state index in [0.717, 1.165) is 24.1 Å². The Hall–Kier alpha value is -2.09. The summed E-state index contributed by atoms with van der Waals surface area (Å²) in [4.78, 5) is 16.3. The van der Waals surface area contributed by atoms with Crippen LogP contribution in [-0.4, -0.2) is 43.8 Å². The zero-order chi connectivity index (χ0) is 19.9. The van der Waals surface area contributed by atoms with Crippen molar-refractivity contribution in [2.24, 2.45) is 10.5 Å². The van der Waals surface area contributed by atoms with Gasteiger partial charge in [-0.1, -0.05) is 17.7 Å². The van der Waals surface area contributed by atoms with E-state index in [0.29, 0.717) is 19.5 Å². The van der Waals surface area contributed by atoms with E-state index in [9.17, 15) is 13.2 Å². The fraction of sp³-hybridized carbons (Fsp3) is 0.579. The van der Waals surface area contributed by atoms with Crippen molar-refractivity contribution >= 4 is 21.8 Å². The van der Waals surface area contributed by atoms with Crippen LogP contribution in [0.15, 0.2) is 34.3 Å². The van der Waals surface area contributed by atoms with Gasteiger partial charge in [0.2, 0.25) is 0 Å². The fourth-order valence-electron chi connectivity index (χ4n) is 3.50. The quantitative estimate of drug-likeness (QED) is 0.800. The second-order valence-electron chi connectivity index (χ2n) is 8.60. The van der Waals surface area contributed by atoms with Gasteiger partial charge in [-0.05, 0) is 59.1 Å². The third kappa shape index (κ3) is 4.61. The minimum atomic E-state index is -3.66. The molecule has 8 heteroatoms. The maximum atomic E-state index is 12.3. The minimum Gasteiger partial charge on any atom is -0.444 e. The molecule has 0 unspecified atom stereocenters. The number of aryl methyl sites for hydroxylation is 1. The number of sulfonamides is 1. The number of ether oxygens (including phenoxy) is 1. The third-order valence-electron chi connectivity index (χ3n) is 4.88. The van der Waals surface area contributed by atoms with Crippen molar-refractivity contribution in [2.75, 3.05) is 13.1 Å². The van der Waals surface area contributed by atoms with Crippen LogP contribution in [0.25, 0.3) is 0 Å². The molecule has 2 fully saturated rings. The second kappa shape index (κ2) is 6.82. The zero-order valence-corrected chi connectivity index (χ0v) is 17.1. The molecular weight excluding hydrogens is 366 g/mol. The van der Waals surface area contributed by atoms with Crippen LogP contribution in [0, 0.1) is 12.3 Å². The van der Waals surface area contributed by atoms with Gasteiger partial charge in [0.25, 0.3) is 10.0 Å². The monoisotopic (exact) mass is 393 g/mol. The Labute approximate surface area is 160 Å². The first kappa shape index (κ1) is 19.7. The van der Waals surface area contributed by atoms with Crippen molar-refractivity contribution in [1.29, 1.82) is 0 Å². The Morgan fingerprint density at radius 2 is 1.85 bits per heavy atom. The third-order valence-corrected chi connectivity index (χ3v) is 6.11. The number of hydrogen-bond donors (Lipinski definition) is 1. The maximum Gasteiger partial charge on any atom is 0.410 e. The number of rotatable bonds is 3. The molecule has 148 valence electrons. The summed E-state index contributed by atoms with van der Waals surface area (Å²) in [6, 6.07) is 6.65. The number of benzene rings is 1. The van der Waals surface area contributed by atoms with Crippen LogP contribution >= 0.6 is 0 Å². The first-order chi connectivity index (χ1) is 12.5. The SMILES string of the molecule is Cc1ccc(S(=O)(=O)NN=C2CCC3(C2)CN(C(=O)OC(C)(C)C)C3)cc1. The van der Waals surface area contributed by atoms with E-state index in [1.807, 2.05) is 27.7 Å². The lowest BCUT2D eigenvalue weighted by Gasteiger charge is -2.47. The van der Waals surface area contributed by atoms with E-state index in [1.54, 1.807) is 29.2 Å². The van der Waals surface area contributed by atoms with Crippen LogP contribution in [0.1, 0.15) is 45.6 Å². The molecule has 0 radical (unpaired) electrons. The smallest absolute Gasteiger partial charge is 0.410 e. The Morgan fingerprint density at radius 1 is 1.22 bits per heavy atom. The predicted octanol–water partition coefficient (Wildman–Crippen LogP) is 3.05. The highest BCUT2D eigenvalue weighted by Gasteiger charge is 2.49. The molecule has 3 rings (SSSR count). The van der Waals surface area contributed by atoms with Crippen LogP contribution in [-0.2, 0) is 14.8 Å². The molecule has 1 aromatic rings. The summed E-state index contributed by atoms with van der Waals surface area (Å²) in [5, 5.41) is 4.14. The molecule has 1 saturated carbocycles. The molecule has 1 amide bonds. The summed E-state index contributed by atoms with van der Waals surface area (Å²) in [6.07, 6.45) is 2.04. The highest BCUT2D eigenvalue weighted by molar-refractivity contribution is 7.89. The van der Waals surface area contributed by atoms with Gasteiger partial charge in [0.1, 0.15) is 5.60 Å². The molecule has 1 heterocycles. The number of likely N-dealkylation sites (tertiary alicyclic amines) is 1. The first-order valence-corrected chi connectivity index (χ1v) is 10.6. The molecular formula is C19H27N3O4S. The van der Waals surface area contributed by atoms with Gasteiger partial charge in [0.05, 0.1) is 4.90 Å². The van der Waals surface area contributed by atoms with Gasteiger partial charge in [-0.15, -0.1) is 0 Å². The van der Waals surface area contributed by atoms with Crippen LogP contribution in [0.4, 0.5) is 4.79 Å². The molecule has 1 N–H and O–H groups in total. The van der Waals surface area contributed by atoms with Crippen molar-refractivity contribution < 1.29 is 17.9 Å². The van der Waals surface area contributed by atoms with Crippen LogP contribution in [0.3, 0.4) is 0 Å². The molecule has 0 bridgehead atoms. The van der Waals surface area contributed by atoms with Gasteiger partial charge in [-0.2, -0.15) is 13.5 Å². The number of hydrazone groups is 1. The van der Waals surface area contributed by atoms with Gasteiger partial charge in [0, 0.05) is 24.2 Å². The minimum absolute atomic E-state index is 0.00500. The lowest BCUT2D eigenvalue weighted by atomic mass is 9.78. The van der Waals surface area contributed by atoms with Crippen molar-refractivity contribution in [3.05, 3.63) is 29.8 Å². The van der Waals surface area contributed by atoms with Gasteiger partial charge >= 0.3 is 6.09 Å². The van der Waals surface area contributed by atoms with E-state index >= 15 is 0 Å². The molecule has 2 aliphatic rings. The molecule has 0 atom stereocenters. The van der Waals surface area contributed by atoms with E-state index in [1.165, 1.54) is 0 Å². The van der Waals surface area contributed by atoms with Crippen molar-refractivity contribution in [2.45, 2.75) is 57.5 Å². The van der Waals surface area contributed by atoms with Crippen LogP contribution in [0.5, 0.6) is 0 Å².